The predicted octanol–water partition coefficient (Wildman–Crippen LogP) is 1.58. The van der Waals surface area contributed by atoms with Crippen molar-refractivity contribution in [3.8, 4) is 11.5 Å². The molecule has 0 heterocycles. The van der Waals surface area contributed by atoms with E-state index in [9.17, 15) is 4.79 Å². The molecular formula is C8H8BrNO3. The van der Waals surface area contributed by atoms with Crippen molar-refractivity contribution in [3.05, 3.63) is 16.6 Å². The number of halogens is 1. The molecule has 0 saturated carbocycles. The summed E-state index contributed by atoms with van der Waals surface area (Å²) in [5.74, 6) is 0.756. The van der Waals surface area contributed by atoms with Crippen molar-refractivity contribution in [3.63, 3.8) is 0 Å². The van der Waals surface area contributed by atoms with Crippen LogP contribution in [0.1, 0.15) is 0 Å². The summed E-state index contributed by atoms with van der Waals surface area (Å²) in [6.07, 6.45) is 0. The Morgan fingerprint density at radius 3 is 2.69 bits per heavy atom. The summed E-state index contributed by atoms with van der Waals surface area (Å²) in [6.45, 7) is 0.325. The van der Waals surface area contributed by atoms with Gasteiger partial charge in [-0.15, -0.1) is 0 Å². The number of ether oxygens (including phenoxy) is 2. The van der Waals surface area contributed by atoms with Crippen molar-refractivity contribution in [2.24, 2.45) is 0 Å². The maximum absolute atomic E-state index is 10.1. The second-order valence-corrected chi connectivity index (χ2v) is 3.09. The minimum atomic E-state index is 0.304. The molecule has 70 valence electrons. The highest BCUT2D eigenvalue weighted by Crippen LogP contribution is 2.34. The fourth-order valence-electron chi connectivity index (χ4n) is 0.854. The zero-order valence-corrected chi connectivity index (χ0v) is 8.50. The minimum Gasteiger partial charge on any atom is -0.493 e. The summed E-state index contributed by atoms with van der Waals surface area (Å²) in [7, 11) is 1.48. The molecule has 0 aliphatic carbocycles. The summed E-state index contributed by atoms with van der Waals surface area (Å²) in [5.41, 5.74) is 6.06. The summed E-state index contributed by atoms with van der Waals surface area (Å²) in [6, 6.07) is 3.14. The average molecular weight is 246 g/mol. The number of benzene rings is 1. The van der Waals surface area contributed by atoms with Gasteiger partial charge >= 0.3 is 0 Å². The van der Waals surface area contributed by atoms with E-state index >= 15 is 0 Å². The monoisotopic (exact) mass is 245 g/mol. The molecule has 0 atom stereocenters. The smallest absolute Gasteiger partial charge is 0.298 e. The molecule has 0 spiro atoms. The first kappa shape index (κ1) is 9.85. The SMILES string of the molecule is COc1cc(Br)c(N)cc1OC=O. The van der Waals surface area contributed by atoms with Crippen LogP contribution in [0, 0.1) is 0 Å². The molecule has 0 aromatic heterocycles. The van der Waals surface area contributed by atoms with E-state index in [0.717, 1.165) is 0 Å². The molecule has 0 radical (unpaired) electrons. The van der Waals surface area contributed by atoms with Gasteiger partial charge in [-0.2, -0.15) is 0 Å². The van der Waals surface area contributed by atoms with Crippen LogP contribution in [-0.2, 0) is 4.79 Å². The molecule has 1 rings (SSSR count). The number of anilines is 1. The first-order valence-electron chi connectivity index (χ1n) is 3.42. The van der Waals surface area contributed by atoms with E-state index in [1.54, 1.807) is 6.07 Å². The lowest BCUT2D eigenvalue weighted by molar-refractivity contribution is -0.120. The number of hydrogen-bond donors (Lipinski definition) is 1. The van der Waals surface area contributed by atoms with E-state index in [2.05, 4.69) is 20.7 Å². The zero-order chi connectivity index (χ0) is 9.84. The van der Waals surface area contributed by atoms with Gasteiger partial charge in [0.05, 0.1) is 7.11 Å². The Morgan fingerprint density at radius 1 is 1.46 bits per heavy atom. The number of hydrogen-bond acceptors (Lipinski definition) is 4. The van der Waals surface area contributed by atoms with E-state index in [0.29, 0.717) is 28.1 Å². The van der Waals surface area contributed by atoms with Crippen molar-refractivity contribution in [2.45, 2.75) is 0 Å². The number of methoxy groups -OCH3 is 1. The van der Waals surface area contributed by atoms with E-state index in [1.807, 2.05) is 0 Å². The molecule has 0 unspecified atom stereocenters. The van der Waals surface area contributed by atoms with Crippen LogP contribution in [0.5, 0.6) is 11.5 Å². The number of carbonyl (C=O) groups is 1. The summed E-state index contributed by atoms with van der Waals surface area (Å²) < 4.78 is 10.3. The van der Waals surface area contributed by atoms with Gasteiger partial charge in [-0.25, -0.2) is 0 Å². The van der Waals surface area contributed by atoms with Crippen LogP contribution in [0.4, 0.5) is 5.69 Å². The van der Waals surface area contributed by atoms with Gasteiger partial charge in [0, 0.05) is 22.3 Å². The van der Waals surface area contributed by atoms with Gasteiger partial charge in [-0.1, -0.05) is 0 Å². The highest BCUT2D eigenvalue weighted by molar-refractivity contribution is 9.10. The molecule has 1 aromatic rings. The van der Waals surface area contributed by atoms with Crippen molar-refractivity contribution >= 4 is 28.1 Å². The molecule has 13 heavy (non-hydrogen) atoms. The molecule has 0 bridgehead atoms. The molecule has 5 heteroatoms. The normalized spacial score (nSPS) is 9.38. The Morgan fingerprint density at radius 2 is 2.15 bits per heavy atom. The lowest BCUT2D eigenvalue weighted by Gasteiger charge is -2.07. The van der Waals surface area contributed by atoms with E-state index < -0.39 is 0 Å². The highest BCUT2D eigenvalue weighted by Gasteiger charge is 2.07. The van der Waals surface area contributed by atoms with Crippen LogP contribution >= 0.6 is 15.9 Å². The Hall–Kier alpha value is -1.23. The third kappa shape index (κ3) is 2.12. The van der Waals surface area contributed by atoms with Crippen LogP contribution in [0.25, 0.3) is 0 Å². The first-order chi connectivity index (χ1) is 6.19. The maximum atomic E-state index is 10.1. The highest BCUT2D eigenvalue weighted by atomic mass is 79.9. The van der Waals surface area contributed by atoms with E-state index in [1.165, 1.54) is 13.2 Å². The van der Waals surface area contributed by atoms with Gasteiger partial charge in [0.25, 0.3) is 6.47 Å². The van der Waals surface area contributed by atoms with Crippen molar-refractivity contribution in [2.75, 3.05) is 12.8 Å². The van der Waals surface area contributed by atoms with E-state index in [-0.39, 0.29) is 0 Å². The van der Waals surface area contributed by atoms with Gasteiger partial charge in [-0.05, 0) is 15.9 Å². The van der Waals surface area contributed by atoms with Crippen LogP contribution in [0.2, 0.25) is 0 Å². The Balaban J connectivity index is 3.15. The predicted molar refractivity (Wildman–Crippen MR) is 51.8 cm³/mol. The second-order valence-electron chi connectivity index (χ2n) is 2.24. The number of carbonyl (C=O) groups excluding carboxylic acids is 1. The molecule has 2 N–H and O–H groups in total. The summed E-state index contributed by atoms with van der Waals surface area (Å²) in [4.78, 5) is 10.1. The molecule has 4 nitrogen and oxygen atoms in total. The van der Waals surface area contributed by atoms with Crippen LogP contribution in [0.15, 0.2) is 16.6 Å². The fraction of sp³-hybridized carbons (Fsp3) is 0.125. The molecule has 0 aliphatic heterocycles. The van der Waals surface area contributed by atoms with Gasteiger partial charge in [-0.3, -0.25) is 4.79 Å². The van der Waals surface area contributed by atoms with Crippen LogP contribution in [-0.4, -0.2) is 13.6 Å². The molecule has 0 amide bonds. The minimum absolute atomic E-state index is 0.304. The molecule has 0 fully saturated rings. The lowest BCUT2D eigenvalue weighted by atomic mass is 10.3. The van der Waals surface area contributed by atoms with E-state index in [4.69, 9.17) is 10.5 Å². The largest absolute Gasteiger partial charge is 0.493 e. The summed E-state index contributed by atoms with van der Waals surface area (Å²) in [5, 5.41) is 0. The number of nitrogen functional groups attached to an aromatic ring is 1. The summed E-state index contributed by atoms with van der Waals surface area (Å²) >= 11 is 3.22. The van der Waals surface area contributed by atoms with Crippen LogP contribution in [0.3, 0.4) is 0 Å². The molecule has 1 aromatic carbocycles. The average Bonchev–Trinajstić information content (AvgIpc) is 2.11. The van der Waals surface area contributed by atoms with Crippen LogP contribution < -0.4 is 15.2 Å². The van der Waals surface area contributed by atoms with Gasteiger partial charge in [0.1, 0.15) is 0 Å². The van der Waals surface area contributed by atoms with Gasteiger partial charge in [0.15, 0.2) is 11.5 Å². The molecule has 0 saturated heterocycles. The van der Waals surface area contributed by atoms with Gasteiger partial charge < -0.3 is 15.2 Å². The topological polar surface area (TPSA) is 61.6 Å². The third-order valence-electron chi connectivity index (χ3n) is 1.46. The Bertz CT molecular complexity index is 327. The lowest BCUT2D eigenvalue weighted by Crippen LogP contribution is -1.96. The van der Waals surface area contributed by atoms with Gasteiger partial charge in [0.2, 0.25) is 0 Å². The van der Waals surface area contributed by atoms with Crippen molar-refractivity contribution in [1.82, 2.24) is 0 Å². The van der Waals surface area contributed by atoms with Crippen molar-refractivity contribution < 1.29 is 14.3 Å². The first-order valence-corrected chi connectivity index (χ1v) is 4.21. The Kier molecular flexibility index (Phi) is 3.13. The standard InChI is InChI=1S/C8H8BrNO3/c1-12-7-2-5(9)6(10)3-8(7)13-4-11/h2-4H,10H2,1H3. The molecular weight excluding hydrogens is 238 g/mol. The maximum Gasteiger partial charge on any atom is 0.298 e. The Labute approximate surface area is 83.8 Å². The zero-order valence-electron chi connectivity index (χ0n) is 6.91. The van der Waals surface area contributed by atoms with Crippen molar-refractivity contribution in [1.29, 1.82) is 0 Å². The fourth-order valence-corrected chi connectivity index (χ4v) is 1.18. The number of nitrogens with two attached hydrogens (primary N) is 1. The number of rotatable bonds is 3. The molecule has 0 aliphatic rings. The quantitative estimate of drug-likeness (QED) is 0.649. The second kappa shape index (κ2) is 4.13. The third-order valence-corrected chi connectivity index (χ3v) is 2.14.